The molecule has 7 N–H and O–H groups in total. The summed E-state index contributed by atoms with van der Waals surface area (Å²) >= 11 is 12.6. The number of nitrogens with one attached hydrogen (secondary N) is 1. The number of halogens is 2. The average molecular weight is 483 g/mol. The minimum Gasteiger partial charge on any atom is -0.384 e. The summed E-state index contributed by atoms with van der Waals surface area (Å²) in [6.07, 6.45) is 1.69. The standard InChI is InChI=1S/C20H16Cl2N10O/c21-11-2-3-12(22)16-15(11)19(33)32(9-1-4-13(24)28-8-9)14(29-16)5-6-27-18-10(7-23)17(25)30-20(26)31-18/h1-4,8H,5-6H2,(H2,24,28)(H5,25,26,27,30,31). The number of aromatic nitrogens is 5. The fourth-order valence-corrected chi connectivity index (χ4v) is 3.69. The van der Waals surface area contributed by atoms with E-state index in [0.717, 1.165) is 0 Å². The molecule has 3 aromatic heterocycles. The normalized spacial score (nSPS) is 10.8. The number of fused-ring (bicyclic) bond motifs is 1. The first kappa shape index (κ1) is 22.1. The van der Waals surface area contributed by atoms with Crippen LogP contribution in [-0.2, 0) is 6.42 Å². The summed E-state index contributed by atoms with van der Waals surface area (Å²) in [5.41, 5.74) is 17.4. The van der Waals surface area contributed by atoms with Crippen LogP contribution in [0.4, 0.5) is 23.4 Å². The first-order chi connectivity index (χ1) is 15.8. The zero-order valence-corrected chi connectivity index (χ0v) is 18.4. The van der Waals surface area contributed by atoms with Gasteiger partial charge in [0.15, 0.2) is 5.82 Å². The Hall–Kier alpha value is -4.14. The van der Waals surface area contributed by atoms with Crippen molar-refractivity contribution in [1.29, 1.82) is 5.26 Å². The van der Waals surface area contributed by atoms with Crippen LogP contribution in [-0.4, -0.2) is 31.0 Å². The lowest BCUT2D eigenvalue weighted by atomic mass is 10.2. The predicted octanol–water partition coefficient (Wildman–Crippen LogP) is 2.15. The molecule has 0 aliphatic carbocycles. The number of benzene rings is 1. The SMILES string of the molecule is N#Cc1c(N)nc(N)nc1NCCc1nc2c(Cl)ccc(Cl)c2c(=O)n1-c1ccc(N)nc1. The fraction of sp³-hybridized carbons (Fsp3) is 0.100. The van der Waals surface area contributed by atoms with Gasteiger partial charge in [-0.15, -0.1) is 0 Å². The van der Waals surface area contributed by atoms with Gasteiger partial charge in [-0.1, -0.05) is 23.2 Å². The van der Waals surface area contributed by atoms with E-state index in [-0.39, 0.29) is 57.1 Å². The summed E-state index contributed by atoms with van der Waals surface area (Å²) in [7, 11) is 0. The van der Waals surface area contributed by atoms with Gasteiger partial charge in [0.25, 0.3) is 5.56 Å². The number of anilines is 4. The van der Waals surface area contributed by atoms with Gasteiger partial charge in [-0.05, 0) is 24.3 Å². The van der Waals surface area contributed by atoms with E-state index in [9.17, 15) is 10.1 Å². The van der Waals surface area contributed by atoms with Gasteiger partial charge >= 0.3 is 0 Å². The molecule has 0 aliphatic rings. The molecule has 0 bridgehead atoms. The number of hydrogen-bond donors (Lipinski definition) is 4. The third-order valence-electron chi connectivity index (χ3n) is 4.73. The number of hydrogen-bond acceptors (Lipinski definition) is 10. The van der Waals surface area contributed by atoms with Crippen LogP contribution in [0.15, 0.2) is 35.3 Å². The average Bonchev–Trinajstić information content (AvgIpc) is 2.77. The van der Waals surface area contributed by atoms with Gasteiger partial charge in [0.2, 0.25) is 5.95 Å². The molecule has 11 nitrogen and oxygen atoms in total. The van der Waals surface area contributed by atoms with Crippen LogP contribution in [0.25, 0.3) is 16.6 Å². The molecule has 13 heteroatoms. The van der Waals surface area contributed by atoms with Crippen LogP contribution in [0.1, 0.15) is 11.4 Å². The van der Waals surface area contributed by atoms with Crippen molar-refractivity contribution in [2.24, 2.45) is 0 Å². The molecule has 0 saturated carbocycles. The van der Waals surface area contributed by atoms with Gasteiger partial charge in [0.05, 0.1) is 32.8 Å². The van der Waals surface area contributed by atoms with Crippen molar-refractivity contribution in [1.82, 2.24) is 24.5 Å². The van der Waals surface area contributed by atoms with E-state index < -0.39 is 5.56 Å². The number of nitriles is 1. The molecule has 33 heavy (non-hydrogen) atoms. The monoisotopic (exact) mass is 482 g/mol. The first-order valence-electron chi connectivity index (χ1n) is 9.48. The van der Waals surface area contributed by atoms with E-state index in [1.54, 1.807) is 18.2 Å². The highest BCUT2D eigenvalue weighted by Gasteiger charge is 2.18. The van der Waals surface area contributed by atoms with Crippen LogP contribution >= 0.6 is 23.2 Å². The molecule has 0 atom stereocenters. The summed E-state index contributed by atoms with van der Waals surface area (Å²) in [5.74, 6) is 0.719. The van der Waals surface area contributed by atoms with Gasteiger partial charge in [-0.2, -0.15) is 15.2 Å². The maximum atomic E-state index is 13.4. The van der Waals surface area contributed by atoms with E-state index in [4.69, 9.17) is 40.4 Å². The van der Waals surface area contributed by atoms with Crippen LogP contribution in [0.3, 0.4) is 0 Å². The number of pyridine rings is 1. The second-order valence-corrected chi connectivity index (χ2v) is 7.66. The van der Waals surface area contributed by atoms with Crippen molar-refractivity contribution in [3.8, 4) is 11.8 Å². The van der Waals surface area contributed by atoms with E-state index >= 15 is 0 Å². The van der Waals surface area contributed by atoms with Crippen LogP contribution in [0.5, 0.6) is 0 Å². The summed E-state index contributed by atoms with van der Waals surface area (Å²) in [6, 6.07) is 8.26. The fourth-order valence-electron chi connectivity index (χ4n) is 3.25. The molecular formula is C20H16Cl2N10O. The summed E-state index contributed by atoms with van der Waals surface area (Å²) in [5, 5.41) is 13.0. The molecule has 0 saturated heterocycles. The first-order valence-corrected chi connectivity index (χ1v) is 10.2. The Bertz CT molecular complexity index is 1480. The summed E-state index contributed by atoms with van der Waals surface area (Å²) in [4.78, 5) is 29.9. The Balaban J connectivity index is 1.79. The maximum absolute atomic E-state index is 13.4. The minimum atomic E-state index is -0.415. The molecule has 0 fully saturated rings. The minimum absolute atomic E-state index is 0.0392. The third kappa shape index (κ3) is 4.17. The van der Waals surface area contributed by atoms with Crippen LogP contribution in [0.2, 0.25) is 10.0 Å². The highest BCUT2D eigenvalue weighted by molar-refractivity contribution is 6.39. The molecule has 0 radical (unpaired) electrons. The molecule has 0 amide bonds. The molecular weight excluding hydrogens is 467 g/mol. The second-order valence-electron chi connectivity index (χ2n) is 6.84. The lowest BCUT2D eigenvalue weighted by molar-refractivity contribution is 0.806. The number of nitrogens with zero attached hydrogens (tertiary/aromatic N) is 6. The summed E-state index contributed by atoms with van der Waals surface area (Å²) < 4.78 is 1.38. The quantitative estimate of drug-likeness (QED) is 0.327. The zero-order valence-electron chi connectivity index (χ0n) is 16.9. The molecule has 0 unspecified atom stereocenters. The van der Waals surface area contributed by atoms with E-state index in [1.807, 2.05) is 6.07 Å². The van der Waals surface area contributed by atoms with Gasteiger partial charge in [-0.3, -0.25) is 9.36 Å². The lowest BCUT2D eigenvalue weighted by Crippen LogP contribution is -2.26. The van der Waals surface area contributed by atoms with E-state index in [0.29, 0.717) is 17.3 Å². The Morgan fingerprint density at radius 2 is 1.82 bits per heavy atom. The largest absolute Gasteiger partial charge is 0.384 e. The molecule has 4 aromatic rings. The smallest absolute Gasteiger partial charge is 0.267 e. The molecule has 0 spiro atoms. The molecule has 4 rings (SSSR count). The highest BCUT2D eigenvalue weighted by Crippen LogP contribution is 2.27. The van der Waals surface area contributed by atoms with Gasteiger partial charge in [0, 0.05) is 13.0 Å². The molecule has 3 heterocycles. The lowest BCUT2D eigenvalue weighted by Gasteiger charge is -2.15. The zero-order chi connectivity index (χ0) is 23.7. The molecule has 1 aromatic carbocycles. The van der Waals surface area contributed by atoms with Crippen molar-refractivity contribution in [2.75, 3.05) is 29.1 Å². The number of nitrogens with two attached hydrogens (primary N) is 3. The Labute approximate surface area is 196 Å². The van der Waals surface area contributed by atoms with E-state index in [2.05, 4.69) is 25.3 Å². The second kappa shape index (κ2) is 8.78. The van der Waals surface area contributed by atoms with Crippen molar-refractivity contribution in [2.45, 2.75) is 6.42 Å². The molecule has 166 valence electrons. The predicted molar refractivity (Wildman–Crippen MR) is 127 cm³/mol. The van der Waals surface area contributed by atoms with Gasteiger partial charge in [-0.25, -0.2) is 9.97 Å². The maximum Gasteiger partial charge on any atom is 0.267 e. The van der Waals surface area contributed by atoms with Crippen molar-refractivity contribution in [3.63, 3.8) is 0 Å². The van der Waals surface area contributed by atoms with Crippen molar-refractivity contribution >= 4 is 57.5 Å². The van der Waals surface area contributed by atoms with Crippen LogP contribution < -0.4 is 28.1 Å². The van der Waals surface area contributed by atoms with E-state index in [1.165, 1.54) is 16.8 Å². The highest BCUT2D eigenvalue weighted by atomic mass is 35.5. The summed E-state index contributed by atoms with van der Waals surface area (Å²) in [6.45, 7) is 0.225. The Kier molecular flexibility index (Phi) is 5.87. The van der Waals surface area contributed by atoms with Crippen molar-refractivity contribution < 1.29 is 0 Å². The number of nitrogen functional groups attached to an aromatic ring is 3. The topological polar surface area (TPSA) is 187 Å². The Morgan fingerprint density at radius 1 is 1.06 bits per heavy atom. The number of rotatable bonds is 5. The Morgan fingerprint density at radius 3 is 2.52 bits per heavy atom. The van der Waals surface area contributed by atoms with Gasteiger partial charge < -0.3 is 22.5 Å². The molecule has 0 aliphatic heterocycles. The van der Waals surface area contributed by atoms with Crippen molar-refractivity contribution in [3.05, 3.63) is 62.2 Å². The third-order valence-corrected chi connectivity index (χ3v) is 5.35. The van der Waals surface area contributed by atoms with Crippen LogP contribution in [0, 0.1) is 11.3 Å². The van der Waals surface area contributed by atoms with Gasteiger partial charge in [0.1, 0.15) is 29.1 Å².